The van der Waals surface area contributed by atoms with Gasteiger partial charge in [0.2, 0.25) is 5.95 Å². The lowest BCUT2D eigenvalue weighted by Crippen LogP contribution is -2.28. The minimum atomic E-state index is -4.40. The van der Waals surface area contributed by atoms with Gasteiger partial charge in [-0.1, -0.05) is 17.7 Å². The molecule has 0 amide bonds. The Bertz CT molecular complexity index is 1950. The molecule has 0 spiro atoms. The van der Waals surface area contributed by atoms with Crippen LogP contribution in [-0.4, -0.2) is 43.6 Å². The smallest absolute Gasteiger partial charge is 0.311 e. The highest BCUT2D eigenvalue weighted by atomic mass is 35.5. The molecule has 0 radical (unpaired) electrons. The van der Waals surface area contributed by atoms with Crippen LogP contribution in [0.5, 0.6) is 0 Å². The molecule has 2 heterocycles. The number of esters is 1. The second-order valence-corrected chi connectivity index (χ2v) is 14.6. The summed E-state index contributed by atoms with van der Waals surface area (Å²) in [6.45, 7) is 6.50. The van der Waals surface area contributed by atoms with Gasteiger partial charge in [0, 0.05) is 35.9 Å². The normalized spacial score (nSPS) is 17.1. The summed E-state index contributed by atoms with van der Waals surface area (Å²) in [4.78, 5) is 21.3. The van der Waals surface area contributed by atoms with Crippen LogP contribution >= 0.6 is 11.6 Å². The van der Waals surface area contributed by atoms with E-state index in [1.807, 2.05) is 0 Å². The third-order valence-corrected chi connectivity index (χ3v) is 9.77. The largest absolute Gasteiger partial charge is 0.457 e. The van der Waals surface area contributed by atoms with E-state index in [9.17, 15) is 13.2 Å². The predicted octanol–water partition coefficient (Wildman–Crippen LogP) is 7.20. The van der Waals surface area contributed by atoms with Crippen LogP contribution in [-0.2, 0) is 30.7 Å². The van der Waals surface area contributed by atoms with Gasteiger partial charge in [-0.3, -0.25) is 9.52 Å². The van der Waals surface area contributed by atoms with Crippen molar-refractivity contribution in [1.29, 1.82) is 0 Å². The number of aromatic nitrogens is 2. The number of hydrogen-bond donors (Lipinski definition) is 2. The fourth-order valence-corrected chi connectivity index (χ4v) is 7.34. The first kappa shape index (κ1) is 32.1. The standard InChI is InChI=1S/C33H33ClF2N4O5S/c1-33(2,3)31(41)45-27-9-5-22-23(27)15-20(34)16-28(22)46(42,43)40-26-8-6-24(35)29(30(26)36)18-4-7-25-19(14-18)17-37-32(39-25)38-21-10-12-44-13-11-21/h4,6-8,14-17,21,27,40H,5,9-13H2,1-3H3,(H,37,38,39)/t27-/m1/s1. The molecule has 1 fully saturated rings. The first-order chi connectivity index (χ1) is 21.8. The number of benzene rings is 3. The van der Waals surface area contributed by atoms with Crippen molar-refractivity contribution in [3.05, 3.63) is 76.4 Å². The highest BCUT2D eigenvalue weighted by Gasteiger charge is 2.35. The quantitative estimate of drug-likeness (QED) is 0.198. The van der Waals surface area contributed by atoms with Crippen molar-refractivity contribution in [2.75, 3.05) is 23.3 Å². The van der Waals surface area contributed by atoms with Crippen LogP contribution in [0.15, 0.2) is 53.6 Å². The van der Waals surface area contributed by atoms with Gasteiger partial charge >= 0.3 is 5.97 Å². The number of rotatable bonds is 7. The summed E-state index contributed by atoms with van der Waals surface area (Å²) in [6, 6.07) is 9.79. The number of anilines is 2. The Morgan fingerprint density at radius 1 is 1.07 bits per heavy atom. The van der Waals surface area contributed by atoms with Crippen LogP contribution in [0.1, 0.15) is 57.3 Å². The molecule has 13 heteroatoms. The van der Waals surface area contributed by atoms with E-state index >= 15 is 8.78 Å². The number of fused-ring (bicyclic) bond motifs is 2. The predicted molar refractivity (Wildman–Crippen MR) is 171 cm³/mol. The zero-order valence-electron chi connectivity index (χ0n) is 25.5. The Labute approximate surface area is 270 Å². The molecule has 3 aromatic carbocycles. The van der Waals surface area contributed by atoms with E-state index in [-0.39, 0.29) is 21.5 Å². The lowest BCUT2D eigenvalue weighted by atomic mass is 9.97. The monoisotopic (exact) mass is 670 g/mol. The SMILES string of the molecule is CC(C)(C)C(=O)O[C@@H]1CCc2c1cc(Cl)cc2S(=O)(=O)Nc1ccc(F)c(-c2ccc3nc(NC4CCOCC4)ncc3c2)c1F. The van der Waals surface area contributed by atoms with Gasteiger partial charge in [-0.15, -0.1) is 0 Å². The molecule has 1 aromatic heterocycles. The molecule has 0 unspecified atom stereocenters. The fraction of sp³-hybridized carbons (Fsp3) is 0.364. The van der Waals surface area contributed by atoms with Crippen LogP contribution < -0.4 is 10.0 Å². The zero-order chi connectivity index (χ0) is 32.8. The van der Waals surface area contributed by atoms with Crippen molar-refractivity contribution in [2.45, 2.75) is 63.5 Å². The molecule has 242 valence electrons. The average Bonchev–Trinajstić information content (AvgIpc) is 3.40. The van der Waals surface area contributed by atoms with Gasteiger partial charge in [-0.25, -0.2) is 27.2 Å². The number of nitrogens with zero attached hydrogens (tertiary/aromatic N) is 2. The lowest BCUT2D eigenvalue weighted by Gasteiger charge is -2.23. The van der Waals surface area contributed by atoms with Crippen LogP contribution in [0.25, 0.3) is 22.0 Å². The van der Waals surface area contributed by atoms with E-state index < -0.39 is 50.4 Å². The van der Waals surface area contributed by atoms with Gasteiger partial charge in [0.25, 0.3) is 10.0 Å². The molecular weight excluding hydrogens is 638 g/mol. The topological polar surface area (TPSA) is 120 Å². The maximum absolute atomic E-state index is 16.0. The Morgan fingerprint density at radius 2 is 1.83 bits per heavy atom. The summed E-state index contributed by atoms with van der Waals surface area (Å²) in [7, 11) is -4.40. The molecule has 1 aliphatic heterocycles. The molecular formula is C33H33ClF2N4O5S. The van der Waals surface area contributed by atoms with E-state index in [1.165, 1.54) is 12.1 Å². The molecule has 1 saturated heterocycles. The van der Waals surface area contributed by atoms with Gasteiger partial charge in [0.05, 0.1) is 27.1 Å². The van der Waals surface area contributed by atoms with Gasteiger partial charge < -0.3 is 14.8 Å². The molecule has 2 aliphatic rings. The molecule has 0 bridgehead atoms. The van der Waals surface area contributed by atoms with E-state index in [1.54, 1.807) is 45.2 Å². The summed E-state index contributed by atoms with van der Waals surface area (Å²) in [5.41, 5.74) is 0.0696. The summed E-state index contributed by atoms with van der Waals surface area (Å²) >= 11 is 6.32. The molecule has 1 aliphatic carbocycles. The number of nitrogens with one attached hydrogen (secondary N) is 2. The Hall–Kier alpha value is -3.87. The van der Waals surface area contributed by atoms with E-state index in [2.05, 4.69) is 20.0 Å². The van der Waals surface area contributed by atoms with E-state index in [0.29, 0.717) is 54.0 Å². The van der Waals surface area contributed by atoms with Crippen molar-refractivity contribution >= 4 is 50.1 Å². The number of carbonyl (C=O) groups excluding carboxylic acids is 1. The first-order valence-corrected chi connectivity index (χ1v) is 16.8. The average molecular weight is 671 g/mol. The molecule has 4 aromatic rings. The third-order valence-electron chi connectivity index (χ3n) is 8.12. The van der Waals surface area contributed by atoms with Crippen molar-refractivity contribution in [3.63, 3.8) is 0 Å². The van der Waals surface area contributed by atoms with Crippen LogP contribution in [0.3, 0.4) is 0 Å². The van der Waals surface area contributed by atoms with Crippen LogP contribution in [0.2, 0.25) is 5.02 Å². The number of carbonyl (C=O) groups is 1. The Morgan fingerprint density at radius 3 is 2.57 bits per heavy atom. The van der Waals surface area contributed by atoms with Crippen molar-refractivity contribution in [3.8, 4) is 11.1 Å². The van der Waals surface area contributed by atoms with Crippen molar-refractivity contribution < 1.29 is 31.5 Å². The molecule has 46 heavy (non-hydrogen) atoms. The maximum Gasteiger partial charge on any atom is 0.311 e. The molecule has 2 N–H and O–H groups in total. The minimum Gasteiger partial charge on any atom is -0.457 e. The summed E-state index contributed by atoms with van der Waals surface area (Å²) in [5.74, 6) is -1.93. The van der Waals surface area contributed by atoms with E-state index in [0.717, 1.165) is 25.0 Å². The highest BCUT2D eigenvalue weighted by Crippen LogP contribution is 2.41. The van der Waals surface area contributed by atoms with E-state index in [4.69, 9.17) is 21.1 Å². The van der Waals surface area contributed by atoms with Crippen LogP contribution in [0.4, 0.5) is 20.4 Å². The fourth-order valence-electron chi connectivity index (χ4n) is 5.66. The lowest BCUT2D eigenvalue weighted by molar-refractivity contribution is -0.158. The Balaban J connectivity index is 1.28. The molecule has 9 nitrogen and oxygen atoms in total. The highest BCUT2D eigenvalue weighted by molar-refractivity contribution is 7.92. The number of halogens is 3. The summed E-state index contributed by atoms with van der Waals surface area (Å²) in [5, 5.41) is 3.96. The number of hydrogen-bond acceptors (Lipinski definition) is 8. The number of ether oxygens (including phenoxy) is 2. The van der Waals surface area contributed by atoms with Crippen molar-refractivity contribution in [2.24, 2.45) is 5.41 Å². The Kier molecular flexibility index (Phi) is 8.64. The first-order valence-electron chi connectivity index (χ1n) is 15.0. The molecule has 0 saturated carbocycles. The van der Waals surface area contributed by atoms with Gasteiger partial charge in [0.1, 0.15) is 11.9 Å². The maximum atomic E-state index is 16.0. The minimum absolute atomic E-state index is 0.114. The summed E-state index contributed by atoms with van der Waals surface area (Å²) < 4.78 is 71.8. The van der Waals surface area contributed by atoms with Crippen LogP contribution in [0, 0.1) is 17.0 Å². The van der Waals surface area contributed by atoms with Gasteiger partial charge in [-0.05, 0) is 99.5 Å². The summed E-state index contributed by atoms with van der Waals surface area (Å²) in [6.07, 6.45) is 3.25. The molecule has 1 atom stereocenters. The number of sulfonamides is 1. The zero-order valence-corrected chi connectivity index (χ0v) is 27.1. The second-order valence-electron chi connectivity index (χ2n) is 12.5. The molecule has 6 rings (SSSR count). The van der Waals surface area contributed by atoms with Gasteiger partial charge in [0.15, 0.2) is 5.82 Å². The van der Waals surface area contributed by atoms with Crippen molar-refractivity contribution in [1.82, 2.24) is 9.97 Å². The third kappa shape index (κ3) is 6.51. The van der Waals surface area contributed by atoms with Gasteiger partial charge in [-0.2, -0.15) is 0 Å². The second kappa shape index (κ2) is 12.4.